The fourth-order valence-electron chi connectivity index (χ4n) is 1.08. The molecule has 0 unspecified atom stereocenters. The Morgan fingerprint density at radius 3 is 3.17 bits per heavy atom. The Bertz CT molecular complexity index is 407. The maximum Gasteiger partial charge on any atom is 0.347 e. The molecule has 5 heteroatoms. The van der Waals surface area contributed by atoms with Gasteiger partial charge in [0.05, 0.1) is 12.8 Å². The van der Waals surface area contributed by atoms with Crippen molar-refractivity contribution in [3.05, 3.63) is 34.9 Å². The van der Waals surface area contributed by atoms with Crippen molar-refractivity contribution in [2.75, 3.05) is 13.2 Å². The zero-order valence-electron chi connectivity index (χ0n) is 10.2. The van der Waals surface area contributed by atoms with Gasteiger partial charge in [0.25, 0.3) is 0 Å². The number of carbonyl (C=O) groups is 1. The van der Waals surface area contributed by atoms with E-state index in [1.807, 2.05) is 6.92 Å². The Kier molecular flexibility index (Phi) is 6.87. The van der Waals surface area contributed by atoms with E-state index in [-0.39, 0.29) is 6.61 Å². The molecule has 1 aromatic rings. The minimum absolute atomic E-state index is 0.200. The number of hydrogen-bond donors (Lipinski definition) is 0. The molecular weight excluding hydrogens is 254 g/mol. The molecule has 0 saturated carbocycles. The van der Waals surface area contributed by atoms with E-state index < -0.39 is 5.97 Å². The molecule has 1 radical (unpaired) electrons. The standard InChI is InChI=1S/C13H15ClNO3/c1-2-3-8-17-13(16)10-18-15-9-11-6-4-5-7-12(11)14/h5-7,9H,2-3,8,10H2,1H3/b15-9+. The van der Waals surface area contributed by atoms with E-state index in [0.29, 0.717) is 17.2 Å². The molecule has 0 aromatic heterocycles. The Morgan fingerprint density at radius 1 is 1.61 bits per heavy atom. The van der Waals surface area contributed by atoms with Crippen LogP contribution in [-0.4, -0.2) is 25.4 Å². The third-order valence-electron chi connectivity index (χ3n) is 2.05. The van der Waals surface area contributed by atoms with Crippen LogP contribution in [0.2, 0.25) is 5.02 Å². The first-order chi connectivity index (χ1) is 8.74. The van der Waals surface area contributed by atoms with Crippen LogP contribution < -0.4 is 0 Å². The van der Waals surface area contributed by atoms with Crippen LogP contribution in [-0.2, 0) is 14.4 Å². The van der Waals surface area contributed by atoms with E-state index in [2.05, 4.69) is 11.2 Å². The van der Waals surface area contributed by atoms with Gasteiger partial charge in [0, 0.05) is 10.6 Å². The van der Waals surface area contributed by atoms with Crippen LogP contribution in [0.25, 0.3) is 0 Å². The van der Waals surface area contributed by atoms with Gasteiger partial charge in [0.15, 0.2) is 0 Å². The quantitative estimate of drug-likeness (QED) is 0.331. The van der Waals surface area contributed by atoms with E-state index in [1.165, 1.54) is 6.21 Å². The lowest BCUT2D eigenvalue weighted by Crippen LogP contribution is -2.11. The van der Waals surface area contributed by atoms with Crippen molar-refractivity contribution < 1.29 is 14.4 Å². The summed E-state index contributed by atoms with van der Waals surface area (Å²) in [4.78, 5) is 16.0. The first kappa shape index (κ1) is 14.5. The van der Waals surface area contributed by atoms with Gasteiger partial charge in [0.2, 0.25) is 6.61 Å². The fourth-order valence-corrected chi connectivity index (χ4v) is 1.25. The predicted octanol–water partition coefficient (Wildman–Crippen LogP) is 2.83. The Morgan fingerprint density at radius 2 is 2.44 bits per heavy atom. The topological polar surface area (TPSA) is 47.9 Å². The molecule has 1 rings (SSSR count). The zero-order valence-corrected chi connectivity index (χ0v) is 10.9. The molecule has 18 heavy (non-hydrogen) atoms. The van der Waals surface area contributed by atoms with Crippen LogP contribution in [0.4, 0.5) is 0 Å². The number of hydrogen-bond acceptors (Lipinski definition) is 4. The van der Waals surface area contributed by atoms with E-state index in [4.69, 9.17) is 21.2 Å². The van der Waals surface area contributed by atoms with Gasteiger partial charge < -0.3 is 9.57 Å². The highest BCUT2D eigenvalue weighted by atomic mass is 35.5. The van der Waals surface area contributed by atoms with Gasteiger partial charge in [-0.2, -0.15) is 0 Å². The van der Waals surface area contributed by atoms with Gasteiger partial charge in [-0.1, -0.05) is 36.2 Å². The highest BCUT2D eigenvalue weighted by molar-refractivity contribution is 6.33. The van der Waals surface area contributed by atoms with Gasteiger partial charge in [-0.05, 0) is 24.6 Å². The molecule has 0 bridgehead atoms. The Balaban J connectivity index is 2.25. The number of unbranched alkanes of at least 4 members (excludes halogenated alkanes) is 1. The highest BCUT2D eigenvalue weighted by Gasteiger charge is 2.02. The van der Waals surface area contributed by atoms with Crippen LogP contribution >= 0.6 is 11.6 Å². The van der Waals surface area contributed by atoms with Crippen LogP contribution in [0.5, 0.6) is 0 Å². The van der Waals surface area contributed by atoms with Crippen molar-refractivity contribution >= 4 is 23.8 Å². The lowest BCUT2D eigenvalue weighted by atomic mass is 10.2. The van der Waals surface area contributed by atoms with Crippen LogP contribution in [0.15, 0.2) is 23.4 Å². The van der Waals surface area contributed by atoms with Crippen LogP contribution in [0.1, 0.15) is 25.3 Å². The molecule has 0 amide bonds. The SMILES string of the molecule is CCCCOC(=O)CO/N=C/c1c[c]ccc1Cl. The molecule has 97 valence electrons. The number of rotatable bonds is 7. The molecule has 0 saturated heterocycles. The molecule has 0 aliphatic heterocycles. The number of carbonyl (C=O) groups excluding carboxylic acids is 1. The van der Waals surface area contributed by atoms with Gasteiger partial charge >= 0.3 is 5.97 Å². The summed E-state index contributed by atoms with van der Waals surface area (Å²) in [6, 6.07) is 7.93. The van der Waals surface area contributed by atoms with E-state index in [0.717, 1.165) is 12.8 Å². The number of benzene rings is 1. The molecule has 0 spiro atoms. The van der Waals surface area contributed by atoms with Crippen molar-refractivity contribution in [2.24, 2.45) is 5.16 Å². The molecule has 0 aliphatic rings. The van der Waals surface area contributed by atoms with Crippen molar-refractivity contribution in [3.8, 4) is 0 Å². The third-order valence-corrected chi connectivity index (χ3v) is 2.39. The molecule has 0 fully saturated rings. The predicted molar refractivity (Wildman–Crippen MR) is 69.7 cm³/mol. The van der Waals surface area contributed by atoms with Gasteiger partial charge in [-0.3, -0.25) is 0 Å². The summed E-state index contributed by atoms with van der Waals surface area (Å²) in [5.74, 6) is -0.425. The van der Waals surface area contributed by atoms with Crippen molar-refractivity contribution in [1.82, 2.24) is 0 Å². The summed E-state index contributed by atoms with van der Waals surface area (Å²) in [7, 11) is 0. The Hall–Kier alpha value is -1.55. The normalized spacial score (nSPS) is 10.6. The molecule has 0 heterocycles. The summed E-state index contributed by atoms with van der Waals surface area (Å²) in [6.45, 7) is 2.24. The van der Waals surface area contributed by atoms with Crippen LogP contribution in [0, 0.1) is 6.07 Å². The average molecular weight is 269 g/mol. The van der Waals surface area contributed by atoms with Gasteiger partial charge in [-0.15, -0.1) is 0 Å². The zero-order chi connectivity index (χ0) is 13.2. The van der Waals surface area contributed by atoms with E-state index >= 15 is 0 Å². The van der Waals surface area contributed by atoms with Crippen molar-refractivity contribution in [1.29, 1.82) is 0 Å². The second-order valence-electron chi connectivity index (χ2n) is 3.53. The molecule has 1 aromatic carbocycles. The number of esters is 1. The van der Waals surface area contributed by atoms with Crippen molar-refractivity contribution in [2.45, 2.75) is 19.8 Å². The summed E-state index contributed by atoms with van der Waals surface area (Å²) in [6.07, 6.45) is 3.26. The summed E-state index contributed by atoms with van der Waals surface area (Å²) in [5.41, 5.74) is 0.679. The maximum absolute atomic E-state index is 11.1. The smallest absolute Gasteiger partial charge is 0.347 e. The molecule has 0 atom stereocenters. The van der Waals surface area contributed by atoms with Gasteiger partial charge in [0.1, 0.15) is 0 Å². The van der Waals surface area contributed by atoms with Crippen LogP contribution in [0.3, 0.4) is 0 Å². The summed E-state index contributed by atoms with van der Waals surface area (Å²) in [5, 5.41) is 4.19. The number of halogens is 1. The van der Waals surface area contributed by atoms with E-state index in [1.54, 1.807) is 18.2 Å². The number of nitrogens with zero attached hydrogens (tertiary/aromatic N) is 1. The Labute approximate surface area is 112 Å². The molecule has 0 N–H and O–H groups in total. The second-order valence-corrected chi connectivity index (χ2v) is 3.94. The lowest BCUT2D eigenvalue weighted by Gasteiger charge is -2.02. The first-order valence-electron chi connectivity index (χ1n) is 5.70. The number of ether oxygens (including phenoxy) is 1. The minimum atomic E-state index is -0.425. The monoisotopic (exact) mass is 268 g/mol. The maximum atomic E-state index is 11.1. The fraction of sp³-hybridized carbons (Fsp3) is 0.385. The highest BCUT2D eigenvalue weighted by Crippen LogP contribution is 2.11. The summed E-state index contributed by atoms with van der Waals surface area (Å²) < 4.78 is 4.89. The minimum Gasteiger partial charge on any atom is -0.463 e. The van der Waals surface area contributed by atoms with E-state index in [9.17, 15) is 4.79 Å². The third kappa shape index (κ3) is 5.68. The average Bonchev–Trinajstić information content (AvgIpc) is 2.37. The molecular formula is C13H15ClNO3. The first-order valence-corrected chi connectivity index (χ1v) is 6.08. The largest absolute Gasteiger partial charge is 0.463 e. The number of oxime groups is 1. The van der Waals surface area contributed by atoms with Gasteiger partial charge in [-0.25, -0.2) is 4.79 Å². The lowest BCUT2D eigenvalue weighted by molar-refractivity contribution is -0.149. The molecule has 0 aliphatic carbocycles. The summed E-state index contributed by atoms with van der Waals surface area (Å²) >= 11 is 5.89. The van der Waals surface area contributed by atoms with Crippen molar-refractivity contribution in [3.63, 3.8) is 0 Å². The second kappa shape index (κ2) is 8.53. The molecule has 4 nitrogen and oxygen atoms in total.